The first-order valence-corrected chi connectivity index (χ1v) is 6.19. The van der Waals surface area contributed by atoms with Gasteiger partial charge in [0.25, 0.3) is 0 Å². The third kappa shape index (κ3) is 3.63. The Morgan fingerprint density at radius 1 is 1.35 bits per heavy atom. The molecule has 0 amide bonds. The van der Waals surface area contributed by atoms with Crippen molar-refractivity contribution in [2.75, 3.05) is 13.7 Å². The molecule has 0 fully saturated rings. The van der Waals surface area contributed by atoms with Crippen molar-refractivity contribution in [1.29, 1.82) is 0 Å². The number of para-hydroxylation sites is 1. The first-order chi connectivity index (χ1) is 8.10. The summed E-state index contributed by atoms with van der Waals surface area (Å²) in [5.41, 5.74) is 0.923. The molecular weight excluding hydrogens is 214 g/mol. The zero-order valence-electron chi connectivity index (χ0n) is 11.2. The standard InChI is InChI=1S/C14H23NO2/c1-5-9-15(11(2)3)10-12-7-6-8-13(17-4)14(12)16/h6-8,11,16H,5,9-10H2,1-4H3. The lowest BCUT2D eigenvalue weighted by atomic mass is 10.1. The molecule has 3 heteroatoms. The molecule has 3 nitrogen and oxygen atoms in total. The minimum absolute atomic E-state index is 0.261. The molecule has 1 rings (SSSR count). The third-order valence-electron chi connectivity index (χ3n) is 2.92. The van der Waals surface area contributed by atoms with Crippen molar-refractivity contribution in [3.8, 4) is 11.5 Å². The van der Waals surface area contributed by atoms with Gasteiger partial charge < -0.3 is 9.84 Å². The highest BCUT2D eigenvalue weighted by Crippen LogP contribution is 2.30. The Morgan fingerprint density at radius 2 is 2.06 bits per heavy atom. The van der Waals surface area contributed by atoms with E-state index in [9.17, 15) is 5.11 Å². The monoisotopic (exact) mass is 237 g/mol. The summed E-state index contributed by atoms with van der Waals surface area (Å²) < 4.78 is 5.12. The van der Waals surface area contributed by atoms with E-state index in [1.165, 1.54) is 0 Å². The first-order valence-electron chi connectivity index (χ1n) is 6.19. The van der Waals surface area contributed by atoms with Gasteiger partial charge in [0.15, 0.2) is 11.5 Å². The minimum Gasteiger partial charge on any atom is -0.504 e. The van der Waals surface area contributed by atoms with Gasteiger partial charge in [-0.15, -0.1) is 0 Å². The molecule has 17 heavy (non-hydrogen) atoms. The number of phenols is 1. The zero-order chi connectivity index (χ0) is 12.8. The van der Waals surface area contributed by atoms with Crippen molar-refractivity contribution in [2.24, 2.45) is 0 Å². The van der Waals surface area contributed by atoms with E-state index in [0.29, 0.717) is 11.8 Å². The lowest BCUT2D eigenvalue weighted by molar-refractivity contribution is 0.210. The van der Waals surface area contributed by atoms with Crippen LogP contribution in [0.5, 0.6) is 11.5 Å². The molecule has 0 atom stereocenters. The van der Waals surface area contributed by atoms with Crippen LogP contribution in [0.1, 0.15) is 32.8 Å². The number of hydrogen-bond acceptors (Lipinski definition) is 3. The number of hydrogen-bond donors (Lipinski definition) is 1. The van der Waals surface area contributed by atoms with Gasteiger partial charge in [-0.05, 0) is 32.9 Å². The Kier molecular flexibility index (Phi) is 5.29. The number of nitrogens with zero attached hydrogens (tertiary/aromatic N) is 1. The van der Waals surface area contributed by atoms with Crippen molar-refractivity contribution < 1.29 is 9.84 Å². The smallest absolute Gasteiger partial charge is 0.162 e. The molecule has 0 saturated heterocycles. The maximum absolute atomic E-state index is 10.0. The van der Waals surface area contributed by atoms with Crippen LogP contribution in [0.2, 0.25) is 0 Å². The lowest BCUT2D eigenvalue weighted by Gasteiger charge is -2.26. The van der Waals surface area contributed by atoms with Crippen LogP contribution in [0, 0.1) is 0 Å². The van der Waals surface area contributed by atoms with Crippen LogP contribution >= 0.6 is 0 Å². The van der Waals surface area contributed by atoms with Crippen molar-refractivity contribution in [2.45, 2.75) is 39.8 Å². The Balaban J connectivity index is 2.85. The van der Waals surface area contributed by atoms with E-state index in [-0.39, 0.29) is 5.75 Å². The first kappa shape index (κ1) is 13.8. The Bertz CT molecular complexity index is 350. The van der Waals surface area contributed by atoms with Gasteiger partial charge in [0, 0.05) is 18.2 Å². The molecule has 0 bridgehead atoms. The molecule has 0 saturated carbocycles. The number of rotatable bonds is 6. The normalized spacial score (nSPS) is 11.2. The predicted molar refractivity (Wildman–Crippen MR) is 70.5 cm³/mol. The quantitative estimate of drug-likeness (QED) is 0.825. The zero-order valence-corrected chi connectivity index (χ0v) is 11.2. The summed E-state index contributed by atoms with van der Waals surface area (Å²) in [6.07, 6.45) is 1.11. The fourth-order valence-electron chi connectivity index (χ4n) is 1.89. The van der Waals surface area contributed by atoms with Crippen LogP contribution < -0.4 is 4.74 Å². The van der Waals surface area contributed by atoms with Crippen molar-refractivity contribution >= 4 is 0 Å². The largest absolute Gasteiger partial charge is 0.504 e. The van der Waals surface area contributed by atoms with Gasteiger partial charge in [-0.2, -0.15) is 0 Å². The minimum atomic E-state index is 0.261. The number of methoxy groups -OCH3 is 1. The molecule has 96 valence electrons. The average Bonchev–Trinajstić information content (AvgIpc) is 2.30. The van der Waals surface area contributed by atoms with E-state index >= 15 is 0 Å². The fraction of sp³-hybridized carbons (Fsp3) is 0.571. The fourth-order valence-corrected chi connectivity index (χ4v) is 1.89. The molecule has 1 N–H and O–H groups in total. The van der Waals surface area contributed by atoms with Crippen molar-refractivity contribution in [3.63, 3.8) is 0 Å². The maximum atomic E-state index is 10.0. The van der Waals surface area contributed by atoms with E-state index in [0.717, 1.165) is 25.1 Å². The molecule has 0 spiro atoms. The van der Waals surface area contributed by atoms with Crippen LogP contribution in [0.15, 0.2) is 18.2 Å². The summed E-state index contributed by atoms with van der Waals surface area (Å²) in [6, 6.07) is 6.11. The van der Waals surface area contributed by atoms with Gasteiger partial charge in [-0.25, -0.2) is 0 Å². The van der Waals surface area contributed by atoms with Gasteiger partial charge in [0.1, 0.15) is 0 Å². The third-order valence-corrected chi connectivity index (χ3v) is 2.92. The van der Waals surface area contributed by atoms with Crippen LogP contribution in [0.25, 0.3) is 0 Å². The summed E-state index contributed by atoms with van der Waals surface area (Å²) in [7, 11) is 1.57. The van der Waals surface area contributed by atoms with Crippen LogP contribution in [0.3, 0.4) is 0 Å². The summed E-state index contributed by atoms with van der Waals surface area (Å²) in [5.74, 6) is 0.805. The summed E-state index contributed by atoms with van der Waals surface area (Å²) in [5, 5.41) is 10.0. The second-order valence-electron chi connectivity index (χ2n) is 4.53. The molecule has 0 radical (unpaired) electrons. The van der Waals surface area contributed by atoms with E-state index in [4.69, 9.17) is 4.74 Å². The number of aromatic hydroxyl groups is 1. The number of benzene rings is 1. The van der Waals surface area contributed by atoms with Gasteiger partial charge >= 0.3 is 0 Å². The summed E-state index contributed by atoms with van der Waals surface area (Å²) in [4.78, 5) is 2.34. The SMILES string of the molecule is CCCN(Cc1cccc(OC)c1O)C(C)C. The molecule has 0 aliphatic rings. The number of phenolic OH excluding ortho intramolecular Hbond substituents is 1. The highest BCUT2D eigenvalue weighted by Gasteiger charge is 2.13. The second-order valence-corrected chi connectivity index (χ2v) is 4.53. The molecule has 0 unspecified atom stereocenters. The predicted octanol–water partition coefficient (Wildman–Crippen LogP) is 3.02. The van der Waals surface area contributed by atoms with Gasteiger partial charge in [-0.3, -0.25) is 4.90 Å². The molecule has 0 aliphatic carbocycles. The van der Waals surface area contributed by atoms with E-state index < -0.39 is 0 Å². The average molecular weight is 237 g/mol. The second kappa shape index (κ2) is 6.50. The van der Waals surface area contributed by atoms with Crippen LogP contribution in [-0.4, -0.2) is 29.7 Å². The van der Waals surface area contributed by atoms with E-state index in [2.05, 4.69) is 25.7 Å². The molecule has 1 aromatic carbocycles. The Labute approximate surface area is 104 Å². The van der Waals surface area contributed by atoms with E-state index in [1.807, 2.05) is 12.1 Å². The molecule has 0 aliphatic heterocycles. The Morgan fingerprint density at radius 3 is 2.59 bits per heavy atom. The van der Waals surface area contributed by atoms with Gasteiger partial charge in [0.2, 0.25) is 0 Å². The molecule has 0 aromatic heterocycles. The van der Waals surface area contributed by atoms with Crippen molar-refractivity contribution in [3.05, 3.63) is 23.8 Å². The maximum Gasteiger partial charge on any atom is 0.162 e. The van der Waals surface area contributed by atoms with Gasteiger partial charge in [-0.1, -0.05) is 19.1 Å². The van der Waals surface area contributed by atoms with Gasteiger partial charge in [0.05, 0.1) is 7.11 Å². The van der Waals surface area contributed by atoms with E-state index in [1.54, 1.807) is 13.2 Å². The van der Waals surface area contributed by atoms with Crippen molar-refractivity contribution in [1.82, 2.24) is 4.90 Å². The topological polar surface area (TPSA) is 32.7 Å². The Hall–Kier alpha value is -1.22. The van der Waals surface area contributed by atoms with Crippen LogP contribution in [0.4, 0.5) is 0 Å². The number of ether oxygens (including phenoxy) is 1. The lowest BCUT2D eigenvalue weighted by Crippen LogP contribution is -2.31. The van der Waals surface area contributed by atoms with Crippen LogP contribution in [-0.2, 0) is 6.54 Å². The molecule has 0 heterocycles. The highest BCUT2D eigenvalue weighted by atomic mass is 16.5. The summed E-state index contributed by atoms with van der Waals surface area (Å²) >= 11 is 0. The molecular formula is C14H23NO2. The highest BCUT2D eigenvalue weighted by molar-refractivity contribution is 5.45. The summed E-state index contributed by atoms with van der Waals surface area (Å²) in [6.45, 7) is 8.31. The molecule has 1 aromatic rings.